The van der Waals surface area contributed by atoms with Gasteiger partial charge >= 0.3 is 0 Å². The van der Waals surface area contributed by atoms with Crippen LogP contribution in [-0.4, -0.2) is 61.0 Å². The summed E-state index contributed by atoms with van der Waals surface area (Å²) in [6.07, 6.45) is -2.23. The van der Waals surface area contributed by atoms with Crippen LogP contribution < -0.4 is 4.74 Å². The van der Waals surface area contributed by atoms with E-state index in [1.54, 1.807) is 35.3 Å². The number of nitrogens with zero attached hydrogens (tertiary/aromatic N) is 2. The number of aromatic nitrogens is 2. The van der Waals surface area contributed by atoms with Gasteiger partial charge in [-0.15, -0.1) is 0 Å². The third-order valence-corrected chi connectivity index (χ3v) is 5.97. The van der Waals surface area contributed by atoms with Gasteiger partial charge in [-0.25, -0.2) is 4.98 Å². The SMILES string of the molecule is Cn1cncc1Oc1ccc(Cc2cc([C@@H]3O[C@H](CO)[C@@H](O)[C@H](O)[C@H]3O)ccc2Cl)cc1. The molecule has 0 unspecified atom stereocenters. The van der Waals surface area contributed by atoms with E-state index in [1.165, 1.54) is 0 Å². The maximum atomic E-state index is 10.4. The number of aryl methyl sites for hydroxylation is 1. The molecule has 1 saturated heterocycles. The van der Waals surface area contributed by atoms with Crippen LogP contribution in [0.4, 0.5) is 0 Å². The average molecular weight is 461 g/mol. The highest BCUT2D eigenvalue weighted by molar-refractivity contribution is 6.31. The second kappa shape index (κ2) is 9.58. The second-order valence-electron chi connectivity index (χ2n) is 7.87. The predicted octanol–water partition coefficient (Wildman–Crippen LogP) is 1.97. The van der Waals surface area contributed by atoms with Crippen LogP contribution in [0.15, 0.2) is 55.0 Å². The number of aliphatic hydroxyl groups is 4. The molecule has 0 saturated carbocycles. The summed E-state index contributed by atoms with van der Waals surface area (Å²) in [4.78, 5) is 4.02. The van der Waals surface area contributed by atoms with Crippen molar-refractivity contribution in [3.05, 3.63) is 76.7 Å². The van der Waals surface area contributed by atoms with Gasteiger partial charge in [0.25, 0.3) is 0 Å². The Morgan fingerprint density at radius 3 is 2.47 bits per heavy atom. The van der Waals surface area contributed by atoms with Gasteiger partial charge in [-0.3, -0.25) is 0 Å². The highest BCUT2D eigenvalue weighted by Crippen LogP contribution is 2.34. The smallest absolute Gasteiger partial charge is 0.219 e. The van der Waals surface area contributed by atoms with Crippen LogP contribution in [0.1, 0.15) is 22.8 Å². The van der Waals surface area contributed by atoms with Crippen LogP contribution in [-0.2, 0) is 18.2 Å². The van der Waals surface area contributed by atoms with Gasteiger partial charge in [0.15, 0.2) is 0 Å². The Morgan fingerprint density at radius 1 is 1.06 bits per heavy atom. The van der Waals surface area contributed by atoms with Gasteiger partial charge in [0.05, 0.1) is 19.1 Å². The van der Waals surface area contributed by atoms with Crippen LogP contribution in [0, 0.1) is 0 Å². The first-order valence-electron chi connectivity index (χ1n) is 10.2. The standard InChI is InChI=1S/C23H25ClN2O6/c1-26-12-25-10-19(26)31-16-5-2-13(3-6-16)8-15-9-14(4-7-17(15)24)23-22(30)21(29)20(28)18(11-27)32-23/h2-7,9-10,12,18,20-23,27-30H,8,11H2,1H3/t18-,20-,21+,22-,23+/m1/s1. The predicted molar refractivity (Wildman–Crippen MR) is 117 cm³/mol. The van der Waals surface area contributed by atoms with E-state index in [-0.39, 0.29) is 0 Å². The van der Waals surface area contributed by atoms with Crippen LogP contribution in [0.5, 0.6) is 11.6 Å². The number of aliphatic hydroxyl groups excluding tert-OH is 4. The molecule has 0 bridgehead atoms. The normalized spacial score (nSPS) is 25.6. The zero-order valence-electron chi connectivity index (χ0n) is 17.4. The zero-order chi connectivity index (χ0) is 22.8. The minimum atomic E-state index is -1.43. The van der Waals surface area contributed by atoms with Crippen molar-refractivity contribution in [2.75, 3.05) is 6.61 Å². The number of imidazole rings is 1. The Hall–Kier alpha value is -2.46. The summed E-state index contributed by atoms with van der Waals surface area (Å²) < 4.78 is 13.2. The van der Waals surface area contributed by atoms with Gasteiger partial charge in [-0.05, 0) is 41.3 Å². The van der Waals surface area contributed by atoms with Gasteiger partial charge in [0.1, 0.15) is 36.3 Å². The van der Waals surface area contributed by atoms with E-state index in [9.17, 15) is 20.4 Å². The van der Waals surface area contributed by atoms with Crippen molar-refractivity contribution in [1.29, 1.82) is 0 Å². The molecule has 0 radical (unpaired) electrons. The first kappa shape index (κ1) is 22.7. The number of hydrogen-bond acceptors (Lipinski definition) is 7. The molecule has 3 aromatic rings. The molecule has 170 valence electrons. The number of hydrogen-bond donors (Lipinski definition) is 4. The van der Waals surface area contributed by atoms with E-state index in [2.05, 4.69) is 4.98 Å². The molecule has 0 aliphatic carbocycles. The Kier molecular flexibility index (Phi) is 6.80. The summed E-state index contributed by atoms with van der Waals surface area (Å²) in [6.45, 7) is -0.477. The maximum absolute atomic E-state index is 10.4. The van der Waals surface area contributed by atoms with Gasteiger partial charge in [0, 0.05) is 12.1 Å². The molecule has 2 heterocycles. The molecule has 9 heteroatoms. The lowest BCUT2D eigenvalue weighted by Gasteiger charge is -2.40. The molecule has 1 aromatic heterocycles. The van der Waals surface area contributed by atoms with Gasteiger partial charge in [-0.1, -0.05) is 35.9 Å². The lowest BCUT2D eigenvalue weighted by molar-refractivity contribution is -0.231. The lowest BCUT2D eigenvalue weighted by Crippen LogP contribution is -2.55. The quantitative estimate of drug-likeness (QED) is 0.444. The van der Waals surface area contributed by atoms with Crippen molar-refractivity contribution >= 4 is 11.6 Å². The average Bonchev–Trinajstić information content (AvgIpc) is 3.19. The second-order valence-corrected chi connectivity index (χ2v) is 8.27. The van der Waals surface area contributed by atoms with E-state index >= 15 is 0 Å². The maximum Gasteiger partial charge on any atom is 0.219 e. The number of benzene rings is 2. The molecule has 0 spiro atoms. The van der Waals surface area contributed by atoms with Crippen LogP contribution in [0.2, 0.25) is 5.02 Å². The molecular weight excluding hydrogens is 436 g/mol. The summed E-state index contributed by atoms with van der Waals surface area (Å²) in [5, 5.41) is 40.5. The van der Waals surface area contributed by atoms with Crippen LogP contribution in [0.25, 0.3) is 0 Å². The van der Waals surface area contributed by atoms with Gasteiger partial charge in [-0.2, -0.15) is 0 Å². The third-order valence-electron chi connectivity index (χ3n) is 5.60. The fourth-order valence-electron chi connectivity index (χ4n) is 3.74. The Balaban J connectivity index is 1.51. The van der Waals surface area contributed by atoms with E-state index in [1.807, 2.05) is 31.3 Å². The highest BCUT2D eigenvalue weighted by Gasteiger charge is 2.44. The number of rotatable bonds is 6. The van der Waals surface area contributed by atoms with Crippen LogP contribution >= 0.6 is 11.6 Å². The summed E-state index contributed by atoms with van der Waals surface area (Å²) in [5.41, 5.74) is 2.40. The highest BCUT2D eigenvalue weighted by atomic mass is 35.5. The molecule has 5 atom stereocenters. The first-order chi connectivity index (χ1) is 15.4. The fourth-order valence-corrected chi connectivity index (χ4v) is 3.93. The molecule has 0 amide bonds. The largest absolute Gasteiger partial charge is 0.439 e. The minimum absolute atomic E-state index is 0.477. The number of ether oxygens (including phenoxy) is 2. The van der Waals surface area contributed by atoms with Gasteiger partial charge in [0.2, 0.25) is 5.88 Å². The summed E-state index contributed by atoms with van der Waals surface area (Å²) in [7, 11) is 1.85. The fraction of sp³-hybridized carbons (Fsp3) is 0.348. The third kappa shape index (κ3) is 4.66. The Labute approximate surface area is 190 Å². The zero-order valence-corrected chi connectivity index (χ0v) is 18.1. The van der Waals surface area contributed by atoms with Crippen molar-refractivity contribution < 1.29 is 29.9 Å². The molecule has 8 nitrogen and oxygen atoms in total. The van der Waals surface area contributed by atoms with Crippen molar-refractivity contribution in [2.45, 2.75) is 36.9 Å². The molecule has 4 N–H and O–H groups in total. The van der Waals surface area contributed by atoms with E-state index in [4.69, 9.17) is 21.1 Å². The van der Waals surface area contributed by atoms with E-state index in [0.717, 1.165) is 11.1 Å². The minimum Gasteiger partial charge on any atom is -0.439 e. The molecule has 2 aromatic carbocycles. The molecule has 1 aliphatic heterocycles. The van der Waals surface area contributed by atoms with Crippen molar-refractivity contribution in [2.24, 2.45) is 7.05 Å². The summed E-state index contributed by atoms with van der Waals surface area (Å²) in [5.74, 6) is 1.31. The summed E-state index contributed by atoms with van der Waals surface area (Å²) in [6, 6.07) is 12.8. The lowest BCUT2D eigenvalue weighted by atomic mass is 9.90. The molecule has 1 fully saturated rings. The van der Waals surface area contributed by atoms with Crippen molar-refractivity contribution in [3.8, 4) is 11.6 Å². The van der Waals surface area contributed by atoms with Gasteiger partial charge < -0.3 is 34.5 Å². The number of halogens is 1. The molecule has 1 aliphatic rings. The Morgan fingerprint density at radius 2 is 1.81 bits per heavy atom. The molecule has 32 heavy (non-hydrogen) atoms. The van der Waals surface area contributed by atoms with Crippen molar-refractivity contribution in [3.63, 3.8) is 0 Å². The summed E-state index contributed by atoms with van der Waals surface area (Å²) >= 11 is 6.41. The van der Waals surface area contributed by atoms with Crippen LogP contribution in [0.3, 0.4) is 0 Å². The monoisotopic (exact) mass is 460 g/mol. The van der Waals surface area contributed by atoms with E-state index in [0.29, 0.717) is 28.6 Å². The topological polar surface area (TPSA) is 117 Å². The molecule has 4 rings (SSSR count). The Bertz CT molecular complexity index is 1050. The van der Waals surface area contributed by atoms with Crippen molar-refractivity contribution in [1.82, 2.24) is 9.55 Å². The van der Waals surface area contributed by atoms with E-state index < -0.39 is 37.1 Å². The molecular formula is C23H25ClN2O6. The first-order valence-corrected chi connectivity index (χ1v) is 10.6.